The molecule has 0 saturated carbocycles. The normalized spacial score (nSPS) is 21.6. The van der Waals surface area contributed by atoms with Gasteiger partial charge in [-0.3, -0.25) is 4.79 Å². The third-order valence-electron chi connectivity index (χ3n) is 3.17. The highest BCUT2D eigenvalue weighted by molar-refractivity contribution is 5.67. The Morgan fingerprint density at radius 2 is 2.16 bits per heavy atom. The first-order valence-corrected chi connectivity index (χ1v) is 5.83. The first-order chi connectivity index (χ1) is 9.08. The maximum Gasteiger partial charge on any atom is 0.306 e. The number of rotatable bonds is 4. The third kappa shape index (κ3) is 2.50. The van der Waals surface area contributed by atoms with E-state index < -0.39 is 18.2 Å². The Labute approximate surface area is 110 Å². The van der Waals surface area contributed by atoms with E-state index in [9.17, 15) is 9.90 Å². The SMILES string of the molecule is COc1ccc2c(c1OC)CO[C@H](CC(=O)O)[C@H]2O. The molecule has 0 radical (unpaired) electrons. The lowest BCUT2D eigenvalue weighted by Crippen LogP contribution is -2.30. The summed E-state index contributed by atoms with van der Waals surface area (Å²) in [6.45, 7) is 0.185. The average molecular weight is 268 g/mol. The largest absolute Gasteiger partial charge is 0.493 e. The van der Waals surface area contributed by atoms with E-state index in [2.05, 4.69) is 0 Å². The predicted octanol–water partition coefficient (Wildman–Crippen LogP) is 1.11. The van der Waals surface area contributed by atoms with Crippen LogP contribution in [0.2, 0.25) is 0 Å². The maximum atomic E-state index is 10.7. The Balaban J connectivity index is 2.37. The van der Waals surface area contributed by atoms with E-state index in [0.717, 1.165) is 0 Å². The summed E-state index contributed by atoms with van der Waals surface area (Å²) < 4.78 is 15.8. The van der Waals surface area contributed by atoms with Crippen LogP contribution in [-0.2, 0) is 16.1 Å². The quantitative estimate of drug-likeness (QED) is 0.851. The predicted molar refractivity (Wildman–Crippen MR) is 65.3 cm³/mol. The molecule has 0 fully saturated rings. The van der Waals surface area contributed by atoms with E-state index in [4.69, 9.17) is 19.3 Å². The molecule has 19 heavy (non-hydrogen) atoms. The Morgan fingerprint density at radius 1 is 1.42 bits per heavy atom. The number of benzene rings is 1. The van der Waals surface area contributed by atoms with E-state index in [1.165, 1.54) is 14.2 Å². The number of hydrogen-bond donors (Lipinski definition) is 2. The first kappa shape index (κ1) is 13.6. The summed E-state index contributed by atoms with van der Waals surface area (Å²) in [5, 5.41) is 18.9. The van der Waals surface area contributed by atoms with Crippen LogP contribution in [0.4, 0.5) is 0 Å². The van der Waals surface area contributed by atoms with Gasteiger partial charge in [-0.2, -0.15) is 0 Å². The molecule has 1 aromatic rings. The minimum absolute atomic E-state index is 0.185. The van der Waals surface area contributed by atoms with Crippen molar-refractivity contribution in [2.75, 3.05) is 14.2 Å². The van der Waals surface area contributed by atoms with Gasteiger partial charge in [0.15, 0.2) is 11.5 Å². The van der Waals surface area contributed by atoms with Gasteiger partial charge >= 0.3 is 5.97 Å². The molecule has 1 aromatic carbocycles. The number of aliphatic carboxylic acids is 1. The molecule has 0 spiro atoms. The molecule has 0 aromatic heterocycles. The molecule has 0 aliphatic carbocycles. The fourth-order valence-corrected chi connectivity index (χ4v) is 2.26. The summed E-state index contributed by atoms with van der Waals surface area (Å²) >= 11 is 0. The second-order valence-corrected chi connectivity index (χ2v) is 4.26. The van der Waals surface area contributed by atoms with Crippen molar-refractivity contribution in [3.05, 3.63) is 23.3 Å². The molecule has 0 bridgehead atoms. The van der Waals surface area contributed by atoms with Crippen LogP contribution in [0.15, 0.2) is 12.1 Å². The molecule has 6 nitrogen and oxygen atoms in total. The zero-order chi connectivity index (χ0) is 14.0. The van der Waals surface area contributed by atoms with Crippen molar-refractivity contribution in [1.29, 1.82) is 0 Å². The van der Waals surface area contributed by atoms with Crippen LogP contribution in [0, 0.1) is 0 Å². The van der Waals surface area contributed by atoms with Crippen molar-refractivity contribution < 1.29 is 29.2 Å². The molecule has 2 atom stereocenters. The van der Waals surface area contributed by atoms with E-state index in [1.54, 1.807) is 12.1 Å². The Morgan fingerprint density at radius 3 is 2.74 bits per heavy atom. The lowest BCUT2D eigenvalue weighted by molar-refractivity contribution is -0.145. The topological polar surface area (TPSA) is 85.2 Å². The monoisotopic (exact) mass is 268 g/mol. The summed E-state index contributed by atoms with van der Waals surface area (Å²) in [6.07, 6.45) is -1.97. The van der Waals surface area contributed by atoms with Crippen molar-refractivity contribution in [1.82, 2.24) is 0 Å². The Hall–Kier alpha value is -1.79. The van der Waals surface area contributed by atoms with Crippen molar-refractivity contribution in [2.24, 2.45) is 0 Å². The second-order valence-electron chi connectivity index (χ2n) is 4.26. The number of carboxylic acid groups (broad SMARTS) is 1. The first-order valence-electron chi connectivity index (χ1n) is 5.83. The number of aliphatic hydroxyl groups excluding tert-OH is 1. The number of fused-ring (bicyclic) bond motifs is 1. The van der Waals surface area contributed by atoms with Crippen molar-refractivity contribution in [2.45, 2.75) is 25.2 Å². The summed E-state index contributed by atoms with van der Waals surface area (Å²) in [5.74, 6) is 0.0505. The zero-order valence-electron chi connectivity index (χ0n) is 10.8. The lowest BCUT2D eigenvalue weighted by Gasteiger charge is -2.30. The van der Waals surface area contributed by atoms with Crippen molar-refractivity contribution >= 4 is 5.97 Å². The molecular formula is C13H16O6. The van der Waals surface area contributed by atoms with Crippen LogP contribution < -0.4 is 9.47 Å². The van der Waals surface area contributed by atoms with Gasteiger partial charge in [0.1, 0.15) is 6.10 Å². The summed E-state index contributed by atoms with van der Waals surface area (Å²) in [5.41, 5.74) is 1.31. The average Bonchev–Trinajstić information content (AvgIpc) is 2.40. The Kier molecular flexibility index (Phi) is 3.92. The van der Waals surface area contributed by atoms with Gasteiger partial charge in [-0.25, -0.2) is 0 Å². The highest BCUT2D eigenvalue weighted by Gasteiger charge is 2.33. The Bertz CT molecular complexity index is 484. The molecule has 2 rings (SSSR count). The van der Waals surface area contributed by atoms with Crippen LogP contribution in [0.5, 0.6) is 11.5 Å². The fraction of sp³-hybridized carbons (Fsp3) is 0.462. The van der Waals surface area contributed by atoms with Crippen LogP contribution in [0.25, 0.3) is 0 Å². The number of methoxy groups -OCH3 is 2. The summed E-state index contributed by atoms with van der Waals surface area (Å²) in [6, 6.07) is 3.39. The molecule has 6 heteroatoms. The number of carbonyl (C=O) groups is 1. The van der Waals surface area contributed by atoms with Gasteiger partial charge in [-0.1, -0.05) is 6.07 Å². The maximum absolute atomic E-state index is 10.7. The number of ether oxygens (including phenoxy) is 3. The van der Waals surface area contributed by atoms with Gasteiger partial charge in [0.05, 0.1) is 33.4 Å². The highest BCUT2D eigenvalue weighted by atomic mass is 16.5. The summed E-state index contributed by atoms with van der Waals surface area (Å²) in [7, 11) is 3.03. The van der Waals surface area contributed by atoms with E-state index in [-0.39, 0.29) is 13.0 Å². The molecular weight excluding hydrogens is 252 g/mol. The minimum Gasteiger partial charge on any atom is -0.493 e. The second kappa shape index (κ2) is 5.46. The van der Waals surface area contributed by atoms with E-state index in [0.29, 0.717) is 22.6 Å². The molecule has 1 aliphatic rings. The smallest absolute Gasteiger partial charge is 0.306 e. The van der Waals surface area contributed by atoms with Crippen molar-refractivity contribution in [3.8, 4) is 11.5 Å². The van der Waals surface area contributed by atoms with Crippen LogP contribution >= 0.6 is 0 Å². The van der Waals surface area contributed by atoms with E-state index >= 15 is 0 Å². The molecule has 104 valence electrons. The molecule has 0 saturated heterocycles. The van der Waals surface area contributed by atoms with Gasteiger partial charge in [0.25, 0.3) is 0 Å². The van der Waals surface area contributed by atoms with Crippen LogP contribution in [0.3, 0.4) is 0 Å². The van der Waals surface area contributed by atoms with Crippen molar-refractivity contribution in [3.63, 3.8) is 0 Å². The van der Waals surface area contributed by atoms with Crippen LogP contribution in [-0.4, -0.2) is 36.5 Å². The number of hydrogen-bond acceptors (Lipinski definition) is 5. The third-order valence-corrected chi connectivity index (χ3v) is 3.17. The minimum atomic E-state index is -1.01. The lowest BCUT2D eigenvalue weighted by atomic mass is 9.93. The fourth-order valence-electron chi connectivity index (χ4n) is 2.26. The summed E-state index contributed by atoms with van der Waals surface area (Å²) in [4.78, 5) is 10.7. The van der Waals surface area contributed by atoms with Gasteiger partial charge in [-0.05, 0) is 11.6 Å². The van der Waals surface area contributed by atoms with Gasteiger partial charge in [0, 0.05) is 5.56 Å². The van der Waals surface area contributed by atoms with Gasteiger partial charge < -0.3 is 24.4 Å². The van der Waals surface area contributed by atoms with Gasteiger partial charge in [0.2, 0.25) is 0 Å². The number of carboxylic acids is 1. The number of aliphatic hydroxyl groups is 1. The molecule has 1 heterocycles. The molecule has 0 unspecified atom stereocenters. The standard InChI is InChI=1S/C13H16O6/c1-17-9-4-3-7-8(13(9)18-2)6-19-10(12(7)16)5-11(14)15/h3-4,10,12,16H,5-6H2,1-2H3,(H,14,15)/t10-,12+/m1/s1. The highest BCUT2D eigenvalue weighted by Crippen LogP contribution is 2.41. The van der Waals surface area contributed by atoms with Crippen LogP contribution in [0.1, 0.15) is 23.7 Å². The van der Waals surface area contributed by atoms with Gasteiger partial charge in [-0.15, -0.1) is 0 Å². The molecule has 0 amide bonds. The zero-order valence-corrected chi connectivity index (χ0v) is 10.8. The molecule has 1 aliphatic heterocycles. The van der Waals surface area contributed by atoms with E-state index in [1.807, 2.05) is 0 Å². The molecule has 2 N–H and O–H groups in total.